The van der Waals surface area contributed by atoms with Crippen molar-refractivity contribution in [1.82, 2.24) is 14.5 Å². The van der Waals surface area contributed by atoms with Gasteiger partial charge in [-0.1, -0.05) is 54.6 Å². The van der Waals surface area contributed by atoms with Gasteiger partial charge in [0.15, 0.2) is 0 Å². The molecule has 0 radical (unpaired) electrons. The molecule has 170 valence electrons. The van der Waals surface area contributed by atoms with Gasteiger partial charge in [-0.2, -0.15) is 13.2 Å². The molecule has 0 amide bonds. The van der Waals surface area contributed by atoms with E-state index in [9.17, 15) is 13.2 Å². The van der Waals surface area contributed by atoms with E-state index in [2.05, 4.69) is 9.97 Å². The highest BCUT2D eigenvalue weighted by Gasteiger charge is 2.30. The molecule has 7 heteroatoms. The number of hydrogen-bond donors (Lipinski definition) is 0. The molecule has 3 aromatic carbocycles. The molecule has 0 atom stereocenters. The van der Waals surface area contributed by atoms with Crippen LogP contribution in [0.1, 0.15) is 5.56 Å². The van der Waals surface area contributed by atoms with Gasteiger partial charge in [0.2, 0.25) is 0 Å². The number of halogens is 3. The summed E-state index contributed by atoms with van der Waals surface area (Å²) in [6.45, 7) is 0. The minimum absolute atomic E-state index is 0.572. The van der Waals surface area contributed by atoms with Crippen LogP contribution in [0.5, 0.6) is 5.75 Å². The van der Waals surface area contributed by atoms with E-state index in [1.807, 2.05) is 66.2 Å². The molecule has 4 nitrogen and oxygen atoms in total. The normalized spacial score (nSPS) is 11.7. The summed E-state index contributed by atoms with van der Waals surface area (Å²) in [5, 5.41) is 0.772. The molecule has 0 spiro atoms. The molecular weight excluding hydrogens is 439 g/mol. The van der Waals surface area contributed by atoms with Crippen molar-refractivity contribution in [2.75, 3.05) is 7.11 Å². The van der Waals surface area contributed by atoms with Crippen molar-refractivity contribution in [3.05, 3.63) is 90.8 Å². The monoisotopic (exact) mass is 459 g/mol. The molecule has 5 aromatic rings. The number of aromatic nitrogens is 3. The largest absolute Gasteiger partial charge is 0.497 e. The summed E-state index contributed by atoms with van der Waals surface area (Å²) in [5.74, 6) is 0.726. The van der Waals surface area contributed by atoms with Crippen LogP contribution in [0.3, 0.4) is 0 Å². The number of fused-ring (bicyclic) bond motifs is 1. The smallest absolute Gasteiger partial charge is 0.416 e. The minimum atomic E-state index is -4.40. The topological polar surface area (TPSA) is 39.9 Å². The van der Waals surface area contributed by atoms with E-state index in [0.29, 0.717) is 16.9 Å². The third-order valence-corrected chi connectivity index (χ3v) is 5.88. The summed E-state index contributed by atoms with van der Waals surface area (Å²) in [7, 11) is 3.54. The maximum atomic E-state index is 13.1. The van der Waals surface area contributed by atoms with Crippen LogP contribution in [0.25, 0.3) is 44.7 Å². The molecule has 0 saturated carbocycles. The van der Waals surface area contributed by atoms with E-state index in [1.54, 1.807) is 7.11 Å². The Kier molecular flexibility index (Phi) is 5.32. The zero-order valence-corrected chi connectivity index (χ0v) is 18.5. The Labute approximate surface area is 194 Å². The highest BCUT2D eigenvalue weighted by molar-refractivity contribution is 6.09. The van der Waals surface area contributed by atoms with Crippen LogP contribution in [0.4, 0.5) is 13.2 Å². The first-order chi connectivity index (χ1) is 16.4. The van der Waals surface area contributed by atoms with E-state index in [1.165, 1.54) is 18.5 Å². The van der Waals surface area contributed by atoms with Crippen LogP contribution in [0.2, 0.25) is 0 Å². The van der Waals surface area contributed by atoms with E-state index < -0.39 is 11.7 Å². The summed E-state index contributed by atoms with van der Waals surface area (Å²) in [5.41, 5.74) is 4.91. The van der Waals surface area contributed by atoms with Crippen molar-refractivity contribution < 1.29 is 17.9 Å². The van der Waals surface area contributed by atoms with Crippen molar-refractivity contribution in [3.63, 3.8) is 0 Å². The molecule has 0 aliphatic carbocycles. The van der Waals surface area contributed by atoms with Gasteiger partial charge in [0.25, 0.3) is 0 Å². The summed E-state index contributed by atoms with van der Waals surface area (Å²) < 4.78 is 46.7. The van der Waals surface area contributed by atoms with Gasteiger partial charge in [-0.3, -0.25) is 0 Å². The lowest BCUT2D eigenvalue weighted by Gasteiger charge is -2.11. The van der Waals surface area contributed by atoms with Crippen LogP contribution in [0, 0.1) is 0 Å². The maximum absolute atomic E-state index is 13.1. The summed E-state index contributed by atoms with van der Waals surface area (Å²) in [6, 6.07) is 22.7. The standard InChI is InChI=1S/C27H20F3N3O/c1-33-25(19-6-4-3-5-7-19)22(17-10-14-21(34-2)15-11-17)23-24(31-16-32-26(23)33)18-8-12-20(13-9-18)27(28,29)30/h3-16H,1-2H3. The Morgan fingerprint density at radius 2 is 1.41 bits per heavy atom. The molecule has 0 fully saturated rings. The van der Waals surface area contributed by atoms with Crippen molar-refractivity contribution in [2.24, 2.45) is 7.05 Å². The fraction of sp³-hybridized carbons (Fsp3) is 0.111. The molecular formula is C27H20F3N3O. The second kappa shape index (κ2) is 8.33. The zero-order chi connectivity index (χ0) is 23.9. The number of nitrogens with zero attached hydrogens (tertiary/aromatic N) is 3. The van der Waals surface area contributed by atoms with Gasteiger partial charge < -0.3 is 9.30 Å². The summed E-state index contributed by atoms with van der Waals surface area (Å²) in [4.78, 5) is 9.04. The lowest BCUT2D eigenvalue weighted by atomic mass is 9.96. The quantitative estimate of drug-likeness (QED) is 0.291. The van der Waals surface area contributed by atoms with Gasteiger partial charge in [-0.05, 0) is 35.4 Å². The molecule has 0 bridgehead atoms. The predicted molar refractivity (Wildman–Crippen MR) is 126 cm³/mol. The Bertz CT molecular complexity index is 1460. The molecule has 0 unspecified atom stereocenters. The summed E-state index contributed by atoms with van der Waals surface area (Å²) >= 11 is 0. The molecule has 2 heterocycles. The van der Waals surface area contributed by atoms with Crippen molar-refractivity contribution in [2.45, 2.75) is 6.18 Å². The maximum Gasteiger partial charge on any atom is 0.416 e. The highest BCUT2D eigenvalue weighted by atomic mass is 19.4. The SMILES string of the molecule is COc1ccc(-c2c(-c3ccccc3)n(C)c3ncnc(-c4ccc(C(F)(F)F)cc4)c23)cc1. The lowest BCUT2D eigenvalue weighted by molar-refractivity contribution is -0.137. The molecule has 0 saturated heterocycles. The summed E-state index contributed by atoms with van der Waals surface area (Å²) in [6.07, 6.45) is -2.96. The molecule has 0 aliphatic rings. The number of ether oxygens (including phenoxy) is 1. The number of methoxy groups -OCH3 is 1. The Morgan fingerprint density at radius 3 is 2.03 bits per heavy atom. The van der Waals surface area contributed by atoms with Crippen LogP contribution in [-0.4, -0.2) is 21.6 Å². The van der Waals surface area contributed by atoms with Gasteiger partial charge in [0, 0.05) is 18.2 Å². The molecule has 5 rings (SSSR count). The Balaban J connectivity index is 1.82. The zero-order valence-electron chi connectivity index (χ0n) is 18.5. The molecule has 0 aliphatic heterocycles. The van der Waals surface area contributed by atoms with Gasteiger partial charge >= 0.3 is 6.18 Å². The van der Waals surface area contributed by atoms with Gasteiger partial charge in [-0.25, -0.2) is 9.97 Å². The number of rotatable bonds is 4. The van der Waals surface area contributed by atoms with E-state index >= 15 is 0 Å². The Hall–Kier alpha value is -4.13. The number of alkyl halides is 3. The van der Waals surface area contributed by atoms with Crippen LogP contribution in [0.15, 0.2) is 85.2 Å². The van der Waals surface area contributed by atoms with Crippen molar-refractivity contribution in [1.29, 1.82) is 0 Å². The average molecular weight is 459 g/mol. The van der Waals surface area contributed by atoms with Gasteiger partial charge in [0.05, 0.1) is 29.4 Å². The van der Waals surface area contributed by atoms with E-state index in [0.717, 1.165) is 45.7 Å². The van der Waals surface area contributed by atoms with E-state index in [-0.39, 0.29) is 0 Å². The lowest BCUT2D eigenvalue weighted by Crippen LogP contribution is -2.04. The first kappa shape index (κ1) is 21.7. The fourth-order valence-electron chi connectivity index (χ4n) is 4.26. The van der Waals surface area contributed by atoms with Gasteiger partial charge in [0.1, 0.15) is 17.7 Å². The predicted octanol–water partition coefficient (Wildman–Crippen LogP) is 7.00. The van der Waals surface area contributed by atoms with Crippen LogP contribution >= 0.6 is 0 Å². The van der Waals surface area contributed by atoms with Gasteiger partial charge in [-0.15, -0.1) is 0 Å². The van der Waals surface area contributed by atoms with Crippen molar-refractivity contribution >= 4 is 11.0 Å². The first-order valence-electron chi connectivity index (χ1n) is 10.6. The Morgan fingerprint density at radius 1 is 0.765 bits per heavy atom. The van der Waals surface area contributed by atoms with Crippen molar-refractivity contribution in [3.8, 4) is 39.4 Å². The van der Waals surface area contributed by atoms with Crippen LogP contribution in [-0.2, 0) is 13.2 Å². The third-order valence-electron chi connectivity index (χ3n) is 5.88. The molecule has 34 heavy (non-hydrogen) atoms. The average Bonchev–Trinajstić information content (AvgIpc) is 3.16. The number of benzene rings is 3. The number of hydrogen-bond acceptors (Lipinski definition) is 3. The number of aryl methyl sites for hydroxylation is 1. The molecule has 0 N–H and O–H groups in total. The van der Waals surface area contributed by atoms with E-state index in [4.69, 9.17) is 4.74 Å². The second-order valence-electron chi connectivity index (χ2n) is 7.87. The first-order valence-corrected chi connectivity index (χ1v) is 10.6. The third kappa shape index (κ3) is 3.69. The minimum Gasteiger partial charge on any atom is -0.497 e. The highest BCUT2D eigenvalue weighted by Crippen LogP contribution is 2.43. The van der Waals surface area contributed by atoms with Crippen LogP contribution < -0.4 is 4.74 Å². The second-order valence-corrected chi connectivity index (χ2v) is 7.87. The molecule has 2 aromatic heterocycles. The fourth-order valence-corrected chi connectivity index (χ4v) is 4.26.